The Bertz CT molecular complexity index is 528. The van der Waals surface area contributed by atoms with E-state index in [1.54, 1.807) is 10.7 Å². The molecule has 18 heavy (non-hydrogen) atoms. The first-order valence-electron chi connectivity index (χ1n) is 5.62. The van der Waals surface area contributed by atoms with Crippen LogP contribution in [0.2, 0.25) is 5.02 Å². The number of nitrogens with two attached hydrogens (primary N) is 1. The van der Waals surface area contributed by atoms with Gasteiger partial charge in [0.05, 0.1) is 23.9 Å². The number of nitrogens with zero attached hydrogens (tertiary/aromatic N) is 4. The standard InChI is InChI=1S/C11H14ClN5O/c1-2-18-7-6-17-11(14-15-16-17)8-4-3-5-9(12)10(8)13/h3-5H,2,6-7,13H2,1H3. The number of ether oxygens (including phenoxy) is 1. The molecule has 1 heterocycles. The van der Waals surface area contributed by atoms with Crippen LogP contribution in [0.1, 0.15) is 6.92 Å². The van der Waals surface area contributed by atoms with Gasteiger partial charge in [0, 0.05) is 12.2 Å². The van der Waals surface area contributed by atoms with E-state index in [4.69, 9.17) is 22.1 Å². The van der Waals surface area contributed by atoms with Crippen LogP contribution in [0.4, 0.5) is 5.69 Å². The molecule has 0 unspecified atom stereocenters. The van der Waals surface area contributed by atoms with Gasteiger partial charge in [0.15, 0.2) is 5.82 Å². The molecule has 0 saturated heterocycles. The van der Waals surface area contributed by atoms with Crippen LogP contribution in [-0.2, 0) is 11.3 Å². The van der Waals surface area contributed by atoms with Crippen molar-refractivity contribution in [2.24, 2.45) is 0 Å². The van der Waals surface area contributed by atoms with Crippen molar-refractivity contribution in [1.82, 2.24) is 20.2 Å². The summed E-state index contributed by atoms with van der Waals surface area (Å²) in [7, 11) is 0. The maximum Gasteiger partial charge on any atom is 0.184 e. The largest absolute Gasteiger partial charge is 0.397 e. The van der Waals surface area contributed by atoms with E-state index in [2.05, 4.69) is 15.5 Å². The van der Waals surface area contributed by atoms with Gasteiger partial charge in [0.1, 0.15) is 0 Å². The average molecular weight is 268 g/mol. The minimum atomic E-state index is 0.478. The molecule has 0 radical (unpaired) electrons. The molecule has 0 atom stereocenters. The van der Waals surface area contributed by atoms with Gasteiger partial charge in [-0.1, -0.05) is 17.7 Å². The molecule has 1 aromatic heterocycles. The highest BCUT2D eigenvalue weighted by molar-refractivity contribution is 6.33. The number of hydrogen-bond acceptors (Lipinski definition) is 5. The average Bonchev–Trinajstić information content (AvgIpc) is 2.81. The molecule has 0 fully saturated rings. The van der Waals surface area contributed by atoms with Gasteiger partial charge in [-0.05, 0) is 29.5 Å². The van der Waals surface area contributed by atoms with Crippen molar-refractivity contribution in [1.29, 1.82) is 0 Å². The highest BCUT2D eigenvalue weighted by Gasteiger charge is 2.13. The maximum atomic E-state index is 5.98. The summed E-state index contributed by atoms with van der Waals surface area (Å²) in [6.45, 7) is 3.73. The number of hydrogen-bond donors (Lipinski definition) is 1. The summed E-state index contributed by atoms with van der Waals surface area (Å²) in [5, 5.41) is 12.0. The van der Waals surface area contributed by atoms with Crippen LogP contribution < -0.4 is 5.73 Å². The molecule has 2 rings (SSSR count). The lowest BCUT2D eigenvalue weighted by Crippen LogP contribution is -2.09. The second-order valence-electron chi connectivity index (χ2n) is 3.62. The lowest BCUT2D eigenvalue weighted by atomic mass is 10.1. The Labute approximate surface area is 110 Å². The first-order valence-corrected chi connectivity index (χ1v) is 6.00. The van der Waals surface area contributed by atoms with Gasteiger partial charge >= 0.3 is 0 Å². The maximum absolute atomic E-state index is 5.98. The summed E-state index contributed by atoms with van der Waals surface area (Å²) in [5.74, 6) is 0.592. The summed E-state index contributed by atoms with van der Waals surface area (Å²) in [6, 6.07) is 5.38. The number of aromatic nitrogens is 4. The van der Waals surface area contributed by atoms with E-state index < -0.39 is 0 Å². The Balaban J connectivity index is 2.28. The van der Waals surface area contributed by atoms with E-state index >= 15 is 0 Å². The molecule has 0 aliphatic rings. The van der Waals surface area contributed by atoms with Crippen molar-refractivity contribution >= 4 is 17.3 Å². The zero-order chi connectivity index (χ0) is 13.0. The molecule has 2 N–H and O–H groups in total. The second kappa shape index (κ2) is 5.79. The third-order valence-corrected chi connectivity index (χ3v) is 2.81. The quantitative estimate of drug-likeness (QED) is 0.658. The number of halogens is 1. The SMILES string of the molecule is CCOCCn1nnnc1-c1cccc(Cl)c1N. The van der Waals surface area contributed by atoms with Gasteiger partial charge in [-0.2, -0.15) is 0 Å². The second-order valence-corrected chi connectivity index (χ2v) is 4.03. The Kier molecular flexibility index (Phi) is 4.11. The van der Waals surface area contributed by atoms with E-state index in [-0.39, 0.29) is 0 Å². The van der Waals surface area contributed by atoms with Crippen molar-refractivity contribution in [3.8, 4) is 11.4 Å². The van der Waals surface area contributed by atoms with Gasteiger partial charge in [-0.15, -0.1) is 5.10 Å². The Morgan fingerprint density at radius 2 is 2.28 bits per heavy atom. The van der Waals surface area contributed by atoms with E-state index in [1.165, 1.54) is 0 Å². The molecular formula is C11H14ClN5O. The molecular weight excluding hydrogens is 254 g/mol. The first kappa shape index (κ1) is 12.8. The summed E-state index contributed by atoms with van der Waals surface area (Å²) >= 11 is 5.98. The summed E-state index contributed by atoms with van der Waals surface area (Å²) < 4.78 is 6.93. The van der Waals surface area contributed by atoms with Crippen molar-refractivity contribution in [2.75, 3.05) is 18.9 Å². The Hall–Kier alpha value is -1.66. The van der Waals surface area contributed by atoms with Gasteiger partial charge in [-0.3, -0.25) is 0 Å². The van der Waals surface area contributed by atoms with Crippen LogP contribution in [0.3, 0.4) is 0 Å². The number of tetrazole rings is 1. The summed E-state index contributed by atoms with van der Waals surface area (Å²) in [4.78, 5) is 0. The number of para-hydroxylation sites is 1. The molecule has 2 aromatic rings. The molecule has 6 nitrogen and oxygen atoms in total. The van der Waals surface area contributed by atoms with Crippen LogP contribution in [0.25, 0.3) is 11.4 Å². The third-order valence-electron chi connectivity index (χ3n) is 2.48. The fourth-order valence-corrected chi connectivity index (χ4v) is 1.75. The minimum absolute atomic E-state index is 0.478. The van der Waals surface area contributed by atoms with E-state index in [1.807, 2.05) is 19.1 Å². The van der Waals surface area contributed by atoms with Crippen LogP contribution >= 0.6 is 11.6 Å². The highest BCUT2D eigenvalue weighted by Crippen LogP contribution is 2.29. The van der Waals surface area contributed by atoms with Crippen LogP contribution in [0.15, 0.2) is 18.2 Å². The molecule has 0 aliphatic carbocycles. The minimum Gasteiger partial charge on any atom is -0.397 e. The lowest BCUT2D eigenvalue weighted by molar-refractivity contribution is 0.136. The van der Waals surface area contributed by atoms with Crippen LogP contribution in [0.5, 0.6) is 0 Å². The van der Waals surface area contributed by atoms with Crippen LogP contribution in [0, 0.1) is 0 Å². The number of nitrogen functional groups attached to an aromatic ring is 1. The number of benzene rings is 1. The normalized spacial score (nSPS) is 10.8. The summed E-state index contributed by atoms with van der Waals surface area (Å²) in [6.07, 6.45) is 0. The fourth-order valence-electron chi connectivity index (χ4n) is 1.58. The molecule has 0 amide bonds. The predicted molar refractivity (Wildman–Crippen MR) is 69.2 cm³/mol. The molecule has 0 bridgehead atoms. The number of rotatable bonds is 5. The molecule has 96 valence electrons. The fraction of sp³-hybridized carbons (Fsp3) is 0.364. The molecule has 0 saturated carbocycles. The zero-order valence-corrected chi connectivity index (χ0v) is 10.8. The van der Waals surface area contributed by atoms with E-state index in [0.717, 1.165) is 5.56 Å². The Morgan fingerprint density at radius 1 is 1.44 bits per heavy atom. The van der Waals surface area contributed by atoms with Gasteiger partial charge in [0.2, 0.25) is 0 Å². The highest BCUT2D eigenvalue weighted by atomic mass is 35.5. The monoisotopic (exact) mass is 267 g/mol. The molecule has 0 aliphatic heterocycles. The molecule has 0 spiro atoms. The first-order chi connectivity index (χ1) is 8.74. The van der Waals surface area contributed by atoms with E-state index in [9.17, 15) is 0 Å². The topological polar surface area (TPSA) is 78.8 Å². The van der Waals surface area contributed by atoms with Crippen molar-refractivity contribution < 1.29 is 4.74 Å². The Morgan fingerprint density at radius 3 is 3.06 bits per heavy atom. The zero-order valence-electron chi connectivity index (χ0n) is 10.0. The van der Waals surface area contributed by atoms with Crippen molar-refractivity contribution in [2.45, 2.75) is 13.5 Å². The van der Waals surface area contributed by atoms with Gasteiger partial charge in [-0.25, -0.2) is 4.68 Å². The third kappa shape index (κ3) is 2.60. The lowest BCUT2D eigenvalue weighted by Gasteiger charge is -2.07. The molecule has 1 aromatic carbocycles. The predicted octanol–water partition coefficient (Wildman–Crippen LogP) is 1.61. The van der Waals surface area contributed by atoms with Gasteiger partial charge in [0.25, 0.3) is 0 Å². The van der Waals surface area contributed by atoms with Crippen LogP contribution in [-0.4, -0.2) is 33.4 Å². The smallest absolute Gasteiger partial charge is 0.184 e. The van der Waals surface area contributed by atoms with Crippen molar-refractivity contribution in [3.63, 3.8) is 0 Å². The molecule has 7 heteroatoms. The number of anilines is 1. The summed E-state index contributed by atoms with van der Waals surface area (Å²) in [5.41, 5.74) is 7.13. The van der Waals surface area contributed by atoms with E-state index in [0.29, 0.717) is 36.3 Å². The van der Waals surface area contributed by atoms with Gasteiger partial charge < -0.3 is 10.5 Å². The van der Waals surface area contributed by atoms with Crippen molar-refractivity contribution in [3.05, 3.63) is 23.2 Å².